The fraction of sp³-hybridized carbons (Fsp3) is 0.333. The zero-order valence-electron chi connectivity index (χ0n) is 30.9. The molecule has 4 rings (SSSR count). The molecule has 0 aliphatic heterocycles. The van der Waals surface area contributed by atoms with Crippen LogP contribution >= 0.6 is 11.6 Å². The number of hydrogen-bond donors (Lipinski definition) is 3. The number of hydrogen-bond acceptors (Lipinski definition) is 13. The summed E-state index contributed by atoms with van der Waals surface area (Å²) in [6.45, 7) is 6.84. The van der Waals surface area contributed by atoms with Crippen LogP contribution < -0.4 is 15.5 Å². The molecule has 0 bridgehead atoms. The molecule has 292 valence electrons. The first-order chi connectivity index (χ1) is 26.1. The molecule has 0 radical (unpaired) electrons. The van der Waals surface area contributed by atoms with Crippen molar-refractivity contribution in [3.63, 3.8) is 0 Å². The van der Waals surface area contributed by atoms with Crippen molar-refractivity contribution in [2.24, 2.45) is 5.92 Å². The Labute approximate surface area is 322 Å². The minimum absolute atomic E-state index is 0.0106. The lowest BCUT2D eigenvalue weighted by atomic mass is 10.0. The molecule has 1 aromatic heterocycles. The van der Waals surface area contributed by atoms with E-state index in [0.29, 0.717) is 16.1 Å². The number of nitrogens with one attached hydrogen (secondary N) is 2. The van der Waals surface area contributed by atoms with Crippen LogP contribution in [0, 0.1) is 5.92 Å². The molecule has 3 N–H and O–H groups in total. The highest BCUT2D eigenvalue weighted by molar-refractivity contribution is 6.30. The number of alkyl carbamates (subject to hydrolysis) is 1. The Morgan fingerprint density at radius 2 is 1.60 bits per heavy atom. The fourth-order valence-electron chi connectivity index (χ4n) is 4.87. The molecule has 16 heteroatoms. The number of hydrazine groups is 1. The summed E-state index contributed by atoms with van der Waals surface area (Å²) >= 11 is 6.15. The number of carbonyl (C=O) groups is 5. The summed E-state index contributed by atoms with van der Waals surface area (Å²) in [4.78, 5) is 63.3. The number of benzene rings is 3. The van der Waals surface area contributed by atoms with Gasteiger partial charge in [0.15, 0.2) is 18.5 Å². The molecule has 2 unspecified atom stereocenters. The minimum Gasteiger partial charge on any atom is -0.455 e. The van der Waals surface area contributed by atoms with Crippen LogP contribution in [-0.2, 0) is 30.3 Å². The van der Waals surface area contributed by atoms with E-state index >= 15 is 0 Å². The smallest absolute Gasteiger partial charge is 0.408 e. The van der Waals surface area contributed by atoms with Crippen molar-refractivity contribution in [2.75, 3.05) is 19.9 Å². The third-order valence-corrected chi connectivity index (χ3v) is 7.80. The standard InChI is InChI=1S/C39H43ClN4O11/c1-24(2)34(41-38(50)54-39(3,4)5)37(49)53-23-52-33-19-32(55-43-33)35(47)42-44(20-25-14-16-26(17-15-25)28-12-9-13-29(40)18-28)21-30(45)36(48)51-22-31(46)27-10-7-6-8-11-27/h6-19,24,30,34,45H,20-23H2,1-5H3,(H,41,50)(H,42,47). The van der Waals surface area contributed by atoms with E-state index < -0.39 is 67.4 Å². The molecule has 1 heterocycles. The van der Waals surface area contributed by atoms with Crippen LogP contribution in [0.1, 0.15) is 61.1 Å². The van der Waals surface area contributed by atoms with Crippen molar-refractivity contribution in [1.29, 1.82) is 0 Å². The highest BCUT2D eigenvalue weighted by atomic mass is 35.5. The maximum Gasteiger partial charge on any atom is 0.408 e. The number of Topliss-reactive ketones (excluding diaryl/α,β-unsaturated/α-hetero) is 1. The second kappa shape index (κ2) is 19.5. The van der Waals surface area contributed by atoms with Crippen LogP contribution in [0.25, 0.3) is 11.1 Å². The summed E-state index contributed by atoms with van der Waals surface area (Å²) in [5, 5.41) is 18.7. The van der Waals surface area contributed by atoms with Crippen LogP contribution in [0.15, 0.2) is 89.5 Å². The quantitative estimate of drug-likeness (QED) is 0.0408. The van der Waals surface area contributed by atoms with E-state index in [2.05, 4.69) is 15.9 Å². The Bertz CT molecular complexity index is 1930. The number of nitrogens with zero attached hydrogens (tertiary/aromatic N) is 2. The molecule has 2 atom stereocenters. The molecule has 3 aromatic carbocycles. The van der Waals surface area contributed by atoms with Gasteiger partial charge in [0, 0.05) is 17.1 Å². The van der Waals surface area contributed by atoms with Gasteiger partial charge in [-0.05, 0) is 60.7 Å². The Morgan fingerprint density at radius 1 is 0.891 bits per heavy atom. The van der Waals surface area contributed by atoms with Crippen LogP contribution in [0.3, 0.4) is 0 Å². The summed E-state index contributed by atoms with van der Waals surface area (Å²) < 4.78 is 25.9. The molecule has 0 fully saturated rings. The highest BCUT2D eigenvalue weighted by Crippen LogP contribution is 2.23. The Kier molecular flexibility index (Phi) is 14.9. The van der Waals surface area contributed by atoms with Gasteiger partial charge in [-0.2, -0.15) is 0 Å². The second-order valence-corrected chi connectivity index (χ2v) is 14.0. The molecule has 0 saturated heterocycles. The van der Waals surface area contributed by atoms with Crippen molar-refractivity contribution >= 4 is 41.3 Å². The molecular formula is C39H43ClN4O11. The Morgan fingerprint density at radius 3 is 2.25 bits per heavy atom. The number of esters is 2. The van der Waals surface area contributed by atoms with E-state index in [-0.39, 0.29) is 24.1 Å². The first-order valence-corrected chi connectivity index (χ1v) is 17.5. The number of aliphatic hydroxyl groups is 1. The SMILES string of the molecule is CC(C)C(NC(=O)OC(C)(C)C)C(=O)OCOc1cc(C(=O)NN(Cc2ccc(-c3cccc(Cl)c3)cc2)CC(O)C(=O)OCC(=O)c2ccccc2)on1. The number of halogens is 1. The molecule has 2 amide bonds. The van der Waals surface area contributed by atoms with Gasteiger partial charge in [-0.15, -0.1) is 0 Å². The first-order valence-electron chi connectivity index (χ1n) is 17.2. The molecule has 0 aliphatic carbocycles. The molecule has 0 spiro atoms. The first kappa shape index (κ1) is 42.0. The largest absolute Gasteiger partial charge is 0.455 e. The van der Waals surface area contributed by atoms with Crippen molar-refractivity contribution in [1.82, 2.24) is 20.9 Å². The van der Waals surface area contributed by atoms with Crippen LogP contribution in [0.5, 0.6) is 5.88 Å². The Hall–Kier alpha value is -5.77. The summed E-state index contributed by atoms with van der Waals surface area (Å²) in [6.07, 6.45) is -2.56. The van der Waals surface area contributed by atoms with Gasteiger partial charge in [-0.1, -0.05) is 92.2 Å². The number of aliphatic hydroxyl groups excluding tert-OH is 1. The van der Waals surface area contributed by atoms with E-state index in [9.17, 15) is 29.1 Å². The van der Waals surface area contributed by atoms with E-state index in [4.69, 9.17) is 35.1 Å². The Balaban J connectivity index is 1.39. The van der Waals surface area contributed by atoms with E-state index in [1.165, 1.54) is 5.01 Å². The van der Waals surface area contributed by atoms with Gasteiger partial charge >= 0.3 is 23.9 Å². The lowest BCUT2D eigenvalue weighted by Crippen LogP contribution is -2.47. The monoisotopic (exact) mass is 778 g/mol. The van der Waals surface area contributed by atoms with Gasteiger partial charge in [0.25, 0.3) is 5.88 Å². The second-order valence-electron chi connectivity index (χ2n) is 13.6. The minimum atomic E-state index is -1.77. The predicted molar refractivity (Wildman–Crippen MR) is 199 cm³/mol. The van der Waals surface area contributed by atoms with Gasteiger partial charge in [0.2, 0.25) is 12.6 Å². The zero-order chi connectivity index (χ0) is 40.1. The average Bonchev–Trinajstić information content (AvgIpc) is 3.61. The van der Waals surface area contributed by atoms with Crippen LogP contribution in [0.4, 0.5) is 4.79 Å². The van der Waals surface area contributed by atoms with Crippen molar-refractivity contribution in [2.45, 2.75) is 58.9 Å². The number of ketones is 1. The molecule has 0 saturated carbocycles. The van der Waals surface area contributed by atoms with Gasteiger partial charge in [-0.25, -0.2) is 19.4 Å². The van der Waals surface area contributed by atoms with Crippen LogP contribution in [-0.4, -0.2) is 82.7 Å². The average molecular weight is 779 g/mol. The summed E-state index contributed by atoms with van der Waals surface area (Å²) in [7, 11) is 0. The van der Waals surface area contributed by atoms with Gasteiger partial charge in [0.1, 0.15) is 11.6 Å². The van der Waals surface area contributed by atoms with Crippen molar-refractivity contribution in [3.05, 3.63) is 107 Å². The molecule has 0 aliphatic rings. The van der Waals surface area contributed by atoms with Crippen LogP contribution in [0.2, 0.25) is 5.02 Å². The lowest BCUT2D eigenvalue weighted by Gasteiger charge is -2.24. The summed E-state index contributed by atoms with van der Waals surface area (Å²) in [6, 6.07) is 22.9. The van der Waals surface area contributed by atoms with E-state index in [1.807, 2.05) is 30.3 Å². The number of ether oxygens (including phenoxy) is 4. The maximum absolute atomic E-state index is 13.3. The number of carbonyl (C=O) groups excluding carboxylic acids is 5. The zero-order valence-corrected chi connectivity index (χ0v) is 31.7. The number of amides is 2. The summed E-state index contributed by atoms with van der Waals surface area (Å²) in [5.41, 5.74) is 4.61. The number of aromatic nitrogens is 1. The molecular weight excluding hydrogens is 736 g/mol. The van der Waals surface area contributed by atoms with Crippen molar-refractivity contribution < 1.29 is 52.5 Å². The molecule has 15 nitrogen and oxygen atoms in total. The van der Waals surface area contributed by atoms with E-state index in [1.54, 1.807) is 83.1 Å². The van der Waals surface area contributed by atoms with Gasteiger partial charge in [-0.3, -0.25) is 15.0 Å². The summed E-state index contributed by atoms with van der Waals surface area (Å²) in [5.74, 6) is -4.01. The third-order valence-electron chi connectivity index (χ3n) is 7.56. The molecule has 55 heavy (non-hydrogen) atoms. The predicted octanol–water partition coefficient (Wildman–Crippen LogP) is 5.36. The maximum atomic E-state index is 13.3. The van der Waals surface area contributed by atoms with Gasteiger partial charge < -0.3 is 33.9 Å². The highest BCUT2D eigenvalue weighted by Gasteiger charge is 2.29. The molecule has 4 aromatic rings. The third kappa shape index (κ3) is 13.5. The van der Waals surface area contributed by atoms with Gasteiger partial charge in [0.05, 0.1) is 12.6 Å². The number of rotatable bonds is 17. The van der Waals surface area contributed by atoms with Crippen molar-refractivity contribution in [3.8, 4) is 17.0 Å². The lowest BCUT2D eigenvalue weighted by molar-refractivity contribution is -0.154. The van der Waals surface area contributed by atoms with E-state index in [0.717, 1.165) is 17.2 Å². The topological polar surface area (TPSA) is 196 Å². The normalized spacial score (nSPS) is 12.4. The fourth-order valence-corrected chi connectivity index (χ4v) is 5.06.